The molecule has 0 unspecified atom stereocenters. The van der Waals surface area contributed by atoms with E-state index in [4.69, 9.17) is 4.74 Å². The Morgan fingerprint density at radius 1 is 0.889 bits per heavy atom. The lowest BCUT2D eigenvalue weighted by molar-refractivity contribution is 0.102. The summed E-state index contributed by atoms with van der Waals surface area (Å²) in [4.78, 5) is 12.1. The molecule has 4 nitrogen and oxygen atoms in total. The lowest BCUT2D eigenvalue weighted by Crippen LogP contribution is -2.12. The molecule has 0 radical (unpaired) electrons. The lowest BCUT2D eigenvalue weighted by Gasteiger charge is -2.09. The number of hydrogen-bond acceptors (Lipinski definition) is 3. The first-order valence-electron chi connectivity index (χ1n) is 8.68. The van der Waals surface area contributed by atoms with Gasteiger partial charge in [-0.15, -0.1) is 0 Å². The quantitative estimate of drug-likeness (QED) is 0.637. The van der Waals surface area contributed by atoms with Gasteiger partial charge in [0.15, 0.2) is 0 Å². The standard InChI is InChI=1S/C22H21FN2O2/c1-27-21-12-2-16(3-13-21)14-15-24-19-8-10-20(11-9-19)25-22(26)17-4-6-18(23)7-5-17/h2-13,24H,14-15H2,1H3,(H,25,26). The van der Waals surface area contributed by atoms with E-state index >= 15 is 0 Å². The van der Waals surface area contributed by atoms with Gasteiger partial charge in [-0.3, -0.25) is 4.79 Å². The number of ether oxygens (including phenoxy) is 1. The van der Waals surface area contributed by atoms with Crippen LogP contribution in [0.5, 0.6) is 5.75 Å². The maximum Gasteiger partial charge on any atom is 0.255 e. The molecule has 1 amide bonds. The molecule has 0 aliphatic rings. The van der Waals surface area contributed by atoms with Crippen LogP contribution in [0.2, 0.25) is 0 Å². The van der Waals surface area contributed by atoms with E-state index in [1.54, 1.807) is 7.11 Å². The Labute approximate surface area is 158 Å². The minimum Gasteiger partial charge on any atom is -0.497 e. The molecule has 0 saturated heterocycles. The van der Waals surface area contributed by atoms with Crippen LogP contribution in [0.4, 0.5) is 15.8 Å². The summed E-state index contributed by atoms with van der Waals surface area (Å²) in [5.41, 5.74) is 3.30. The van der Waals surface area contributed by atoms with Gasteiger partial charge in [0.2, 0.25) is 0 Å². The summed E-state index contributed by atoms with van der Waals surface area (Å²) >= 11 is 0. The Kier molecular flexibility index (Phi) is 6.05. The van der Waals surface area contributed by atoms with Crippen LogP contribution >= 0.6 is 0 Å². The third-order valence-corrected chi connectivity index (χ3v) is 4.15. The number of hydrogen-bond donors (Lipinski definition) is 2. The first-order chi connectivity index (χ1) is 13.1. The smallest absolute Gasteiger partial charge is 0.255 e. The largest absolute Gasteiger partial charge is 0.497 e. The predicted molar refractivity (Wildman–Crippen MR) is 106 cm³/mol. The molecule has 5 heteroatoms. The summed E-state index contributed by atoms with van der Waals surface area (Å²) < 4.78 is 18.1. The second-order valence-electron chi connectivity index (χ2n) is 6.06. The second kappa shape index (κ2) is 8.85. The molecule has 0 heterocycles. The van der Waals surface area contributed by atoms with Crippen molar-refractivity contribution in [3.8, 4) is 5.75 Å². The predicted octanol–water partition coefficient (Wildman–Crippen LogP) is 4.74. The molecular weight excluding hydrogens is 343 g/mol. The summed E-state index contributed by atoms with van der Waals surface area (Å²) in [5.74, 6) is 0.219. The molecule has 0 atom stereocenters. The number of methoxy groups -OCH3 is 1. The van der Waals surface area contributed by atoms with Gasteiger partial charge in [0.1, 0.15) is 11.6 Å². The molecule has 0 aliphatic carbocycles. The summed E-state index contributed by atoms with van der Waals surface area (Å²) in [6, 6.07) is 20.9. The highest BCUT2D eigenvalue weighted by Crippen LogP contribution is 2.16. The molecule has 0 bridgehead atoms. The second-order valence-corrected chi connectivity index (χ2v) is 6.06. The number of nitrogens with one attached hydrogen (secondary N) is 2. The van der Waals surface area contributed by atoms with Crippen LogP contribution in [0.15, 0.2) is 72.8 Å². The maximum atomic E-state index is 12.9. The van der Waals surface area contributed by atoms with E-state index in [9.17, 15) is 9.18 Å². The van der Waals surface area contributed by atoms with Crippen molar-refractivity contribution in [1.29, 1.82) is 0 Å². The average Bonchev–Trinajstić information content (AvgIpc) is 2.70. The lowest BCUT2D eigenvalue weighted by atomic mass is 10.1. The highest BCUT2D eigenvalue weighted by Gasteiger charge is 2.06. The van der Waals surface area contributed by atoms with E-state index in [0.29, 0.717) is 11.3 Å². The van der Waals surface area contributed by atoms with Gasteiger partial charge >= 0.3 is 0 Å². The van der Waals surface area contributed by atoms with E-state index in [2.05, 4.69) is 22.8 Å². The van der Waals surface area contributed by atoms with E-state index in [1.807, 2.05) is 36.4 Å². The number of halogens is 1. The number of benzene rings is 3. The van der Waals surface area contributed by atoms with Gasteiger partial charge in [-0.2, -0.15) is 0 Å². The van der Waals surface area contributed by atoms with Crippen LogP contribution in [0.1, 0.15) is 15.9 Å². The Morgan fingerprint density at radius 2 is 1.52 bits per heavy atom. The van der Waals surface area contributed by atoms with Gasteiger partial charge in [0.25, 0.3) is 5.91 Å². The van der Waals surface area contributed by atoms with E-state index < -0.39 is 0 Å². The van der Waals surface area contributed by atoms with Crippen molar-refractivity contribution in [3.05, 3.63) is 89.7 Å². The van der Waals surface area contributed by atoms with Gasteiger partial charge in [-0.25, -0.2) is 4.39 Å². The third-order valence-electron chi connectivity index (χ3n) is 4.15. The number of anilines is 2. The SMILES string of the molecule is COc1ccc(CCNc2ccc(NC(=O)c3ccc(F)cc3)cc2)cc1. The maximum absolute atomic E-state index is 12.9. The molecule has 3 rings (SSSR count). The van der Waals surface area contributed by atoms with Crippen LogP contribution in [0, 0.1) is 5.82 Å². The zero-order valence-electron chi connectivity index (χ0n) is 15.0. The minimum absolute atomic E-state index is 0.268. The van der Waals surface area contributed by atoms with Crippen molar-refractivity contribution in [1.82, 2.24) is 0 Å². The normalized spacial score (nSPS) is 10.3. The van der Waals surface area contributed by atoms with Crippen LogP contribution in [0.3, 0.4) is 0 Å². The molecule has 0 spiro atoms. The Morgan fingerprint density at radius 3 is 2.15 bits per heavy atom. The molecule has 138 valence electrons. The fraction of sp³-hybridized carbons (Fsp3) is 0.136. The molecule has 0 aromatic heterocycles. The minimum atomic E-state index is -0.364. The summed E-state index contributed by atoms with van der Waals surface area (Å²) in [7, 11) is 1.66. The Bertz CT molecular complexity index is 876. The van der Waals surface area contributed by atoms with E-state index in [1.165, 1.54) is 29.8 Å². The van der Waals surface area contributed by atoms with Gasteiger partial charge in [-0.05, 0) is 72.6 Å². The average molecular weight is 364 g/mol. The molecule has 3 aromatic rings. The Hall–Kier alpha value is -3.34. The molecule has 0 aliphatic heterocycles. The monoisotopic (exact) mass is 364 g/mol. The molecular formula is C22H21FN2O2. The highest BCUT2D eigenvalue weighted by molar-refractivity contribution is 6.04. The van der Waals surface area contributed by atoms with Gasteiger partial charge in [0.05, 0.1) is 7.11 Å². The van der Waals surface area contributed by atoms with Crippen molar-refractivity contribution in [2.75, 3.05) is 24.3 Å². The van der Waals surface area contributed by atoms with Gasteiger partial charge in [-0.1, -0.05) is 12.1 Å². The van der Waals surface area contributed by atoms with Crippen molar-refractivity contribution in [2.24, 2.45) is 0 Å². The van der Waals surface area contributed by atoms with E-state index in [0.717, 1.165) is 24.4 Å². The van der Waals surface area contributed by atoms with Crippen molar-refractivity contribution >= 4 is 17.3 Å². The number of amides is 1. The molecule has 3 aromatic carbocycles. The van der Waals surface area contributed by atoms with Gasteiger partial charge in [0, 0.05) is 23.5 Å². The molecule has 27 heavy (non-hydrogen) atoms. The van der Waals surface area contributed by atoms with Crippen LogP contribution in [-0.4, -0.2) is 19.6 Å². The fourth-order valence-corrected chi connectivity index (χ4v) is 2.62. The highest BCUT2D eigenvalue weighted by atomic mass is 19.1. The number of rotatable bonds is 7. The fourth-order valence-electron chi connectivity index (χ4n) is 2.62. The third kappa shape index (κ3) is 5.31. The van der Waals surface area contributed by atoms with Crippen molar-refractivity contribution < 1.29 is 13.9 Å². The first kappa shape index (κ1) is 18.5. The summed E-state index contributed by atoms with van der Waals surface area (Å²) in [6.45, 7) is 0.799. The summed E-state index contributed by atoms with van der Waals surface area (Å²) in [6.07, 6.45) is 0.896. The van der Waals surface area contributed by atoms with Crippen molar-refractivity contribution in [3.63, 3.8) is 0 Å². The zero-order valence-corrected chi connectivity index (χ0v) is 15.0. The molecule has 2 N–H and O–H groups in total. The zero-order chi connectivity index (χ0) is 19.1. The van der Waals surface area contributed by atoms with Crippen LogP contribution in [0.25, 0.3) is 0 Å². The molecule has 0 fully saturated rings. The molecule has 0 saturated carbocycles. The van der Waals surface area contributed by atoms with Crippen LogP contribution in [-0.2, 0) is 6.42 Å². The van der Waals surface area contributed by atoms with Crippen LogP contribution < -0.4 is 15.4 Å². The topological polar surface area (TPSA) is 50.4 Å². The van der Waals surface area contributed by atoms with Crippen molar-refractivity contribution in [2.45, 2.75) is 6.42 Å². The number of carbonyl (C=O) groups is 1. The number of carbonyl (C=O) groups excluding carboxylic acids is 1. The van der Waals surface area contributed by atoms with Gasteiger partial charge < -0.3 is 15.4 Å². The first-order valence-corrected chi connectivity index (χ1v) is 8.68. The Balaban J connectivity index is 1.49. The summed E-state index contributed by atoms with van der Waals surface area (Å²) in [5, 5.41) is 6.15. The van der Waals surface area contributed by atoms with E-state index in [-0.39, 0.29) is 11.7 Å².